The van der Waals surface area contributed by atoms with Crippen molar-refractivity contribution in [2.24, 2.45) is 35.5 Å². The Morgan fingerprint density at radius 3 is 2.70 bits per heavy atom. The van der Waals surface area contributed by atoms with Gasteiger partial charge in [0.05, 0.1) is 6.10 Å². The number of hydrogen-bond acceptors (Lipinski definition) is 3. The highest BCUT2D eigenvalue weighted by molar-refractivity contribution is 5.87. The van der Waals surface area contributed by atoms with Gasteiger partial charge in [-0.3, -0.25) is 0 Å². The summed E-state index contributed by atoms with van der Waals surface area (Å²) in [6.07, 6.45) is 4.28. The van der Waals surface area contributed by atoms with Gasteiger partial charge in [0.25, 0.3) is 0 Å². The lowest BCUT2D eigenvalue weighted by Gasteiger charge is -2.45. The van der Waals surface area contributed by atoms with Gasteiger partial charge >= 0.3 is 5.97 Å². The van der Waals surface area contributed by atoms with Gasteiger partial charge in [0.2, 0.25) is 0 Å². The monoisotopic (exact) mass is 276 g/mol. The fourth-order valence-electron chi connectivity index (χ4n) is 6.28. The van der Waals surface area contributed by atoms with E-state index in [0.29, 0.717) is 41.1 Å². The lowest BCUT2D eigenvalue weighted by Crippen LogP contribution is -2.47. The molecular formula is C17H24O3. The summed E-state index contributed by atoms with van der Waals surface area (Å²) in [5, 5.41) is 10.1. The normalized spacial score (nSPS) is 55.0. The second kappa shape index (κ2) is 3.88. The fraction of sp³-hybridized carbons (Fsp3) is 0.824. The average molecular weight is 276 g/mol. The Kier molecular flexibility index (Phi) is 2.50. The second-order valence-corrected chi connectivity index (χ2v) is 7.91. The van der Waals surface area contributed by atoms with Crippen LogP contribution in [0.15, 0.2) is 12.2 Å². The third-order valence-electron chi connectivity index (χ3n) is 6.79. The van der Waals surface area contributed by atoms with Crippen molar-refractivity contribution in [1.82, 2.24) is 0 Å². The summed E-state index contributed by atoms with van der Waals surface area (Å²) in [6.45, 7) is 7.54. The van der Waals surface area contributed by atoms with Gasteiger partial charge in [0, 0.05) is 11.5 Å². The minimum absolute atomic E-state index is 0.0650. The van der Waals surface area contributed by atoms with Gasteiger partial charge in [-0.2, -0.15) is 0 Å². The van der Waals surface area contributed by atoms with Crippen molar-refractivity contribution >= 4 is 5.97 Å². The summed E-state index contributed by atoms with van der Waals surface area (Å²) in [6, 6.07) is 0. The summed E-state index contributed by atoms with van der Waals surface area (Å²) >= 11 is 0. The molecule has 0 saturated heterocycles. The van der Waals surface area contributed by atoms with Crippen LogP contribution in [0.25, 0.3) is 0 Å². The SMILES string of the molecule is C=C(C)C(=O)OC1(C)CC2CC1C1C3CC(O)C(C3)C21. The summed E-state index contributed by atoms with van der Waals surface area (Å²) in [7, 11) is 0. The number of aliphatic hydroxyl groups excluding tert-OH is 1. The Morgan fingerprint density at radius 1 is 1.25 bits per heavy atom. The van der Waals surface area contributed by atoms with Crippen LogP contribution in [0.4, 0.5) is 0 Å². The van der Waals surface area contributed by atoms with E-state index in [9.17, 15) is 9.90 Å². The van der Waals surface area contributed by atoms with E-state index in [-0.39, 0.29) is 17.7 Å². The molecule has 8 atom stereocenters. The zero-order chi connectivity index (χ0) is 14.2. The summed E-state index contributed by atoms with van der Waals surface area (Å²) in [5.41, 5.74) is 0.200. The maximum Gasteiger partial charge on any atom is 0.333 e. The quantitative estimate of drug-likeness (QED) is 0.479. The van der Waals surface area contributed by atoms with E-state index in [1.807, 2.05) is 0 Å². The predicted molar refractivity (Wildman–Crippen MR) is 74.7 cm³/mol. The van der Waals surface area contributed by atoms with Gasteiger partial charge in [-0.25, -0.2) is 4.79 Å². The van der Waals surface area contributed by atoms with Crippen molar-refractivity contribution in [3.63, 3.8) is 0 Å². The van der Waals surface area contributed by atoms with Crippen LogP contribution in [0.3, 0.4) is 0 Å². The second-order valence-electron chi connectivity index (χ2n) is 7.91. The molecule has 4 aliphatic carbocycles. The first-order valence-corrected chi connectivity index (χ1v) is 7.97. The molecule has 3 nitrogen and oxygen atoms in total. The molecule has 0 aliphatic heterocycles. The van der Waals surface area contributed by atoms with E-state index < -0.39 is 0 Å². The van der Waals surface area contributed by atoms with Crippen LogP contribution in [0, 0.1) is 35.5 Å². The van der Waals surface area contributed by atoms with Gasteiger partial charge in [-0.15, -0.1) is 0 Å². The molecule has 4 bridgehead atoms. The molecule has 4 fully saturated rings. The highest BCUT2D eigenvalue weighted by Gasteiger charge is 2.68. The van der Waals surface area contributed by atoms with Crippen LogP contribution < -0.4 is 0 Å². The Balaban J connectivity index is 1.58. The number of esters is 1. The highest BCUT2D eigenvalue weighted by atomic mass is 16.6. The molecule has 20 heavy (non-hydrogen) atoms. The molecule has 3 heteroatoms. The number of hydrogen-bond donors (Lipinski definition) is 1. The standard InChI is InChI=1S/C17H24O3/c1-8(2)16(19)20-17(3)7-10-5-12(17)15-9-4-11(14(10)15)13(18)6-9/h9-15,18H,1,4-7H2,2-3H3. The molecule has 0 heterocycles. The number of aliphatic hydroxyl groups is 1. The van der Waals surface area contributed by atoms with Crippen LogP contribution in [0.5, 0.6) is 0 Å². The highest BCUT2D eigenvalue weighted by Crippen LogP contribution is 2.70. The van der Waals surface area contributed by atoms with Crippen LogP contribution in [0.2, 0.25) is 0 Å². The Morgan fingerprint density at radius 2 is 2.00 bits per heavy atom. The molecule has 0 radical (unpaired) electrons. The lowest BCUT2D eigenvalue weighted by atomic mass is 9.65. The average Bonchev–Trinajstić information content (AvgIpc) is 3.04. The zero-order valence-electron chi connectivity index (χ0n) is 12.3. The van der Waals surface area contributed by atoms with Crippen molar-refractivity contribution in [2.75, 3.05) is 0 Å². The van der Waals surface area contributed by atoms with Crippen molar-refractivity contribution in [2.45, 2.75) is 51.2 Å². The smallest absolute Gasteiger partial charge is 0.333 e. The van der Waals surface area contributed by atoms with Gasteiger partial charge in [0.15, 0.2) is 0 Å². The molecule has 0 amide bonds. The van der Waals surface area contributed by atoms with E-state index >= 15 is 0 Å². The summed E-state index contributed by atoms with van der Waals surface area (Å²) in [4.78, 5) is 11.9. The molecule has 0 aromatic rings. The Labute approximate surface area is 120 Å². The van der Waals surface area contributed by atoms with Crippen molar-refractivity contribution in [1.29, 1.82) is 0 Å². The van der Waals surface area contributed by atoms with Gasteiger partial charge in [-0.05, 0) is 69.1 Å². The molecule has 0 aromatic heterocycles. The van der Waals surface area contributed by atoms with Crippen LogP contribution in [-0.2, 0) is 9.53 Å². The van der Waals surface area contributed by atoms with Gasteiger partial charge in [0.1, 0.15) is 5.60 Å². The van der Waals surface area contributed by atoms with Crippen LogP contribution in [-0.4, -0.2) is 22.8 Å². The summed E-state index contributed by atoms with van der Waals surface area (Å²) < 4.78 is 5.84. The molecule has 1 N–H and O–H groups in total. The van der Waals surface area contributed by atoms with E-state index in [2.05, 4.69) is 13.5 Å². The van der Waals surface area contributed by atoms with Crippen LogP contribution >= 0.6 is 0 Å². The number of carbonyl (C=O) groups excluding carboxylic acids is 1. The number of ether oxygens (including phenoxy) is 1. The molecular weight excluding hydrogens is 252 g/mol. The molecule has 0 aromatic carbocycles. The maximum atomic E-state index is 11.9. The first-order chi connectivity index (χ1) is 9.40. The lowest BCUT2D eigenvalue weighted by molar-refractivity contribution is -0.164. The molecule has 0 spiro atoms. The minimum Gasteiger partial charge on any atom is -0.456 e. The summed E-state index contributed by atoms with van der Waals surface area (Å²) in [5.74, 6) is 3.50. The first-order valence-electron chi connectivity index (χ1n) is 7.97. The molecule has 4 rings (SSSR count). The largest absolute Gasteiger partial charge is 0.456 e. The van der Waals surface area contributed by atoms with Gasteiger partial charge < -0.3 is 9.84 Å². The van der Waals surface area contributed by atoms with Gasteiger partial charge in [-0.1, -0.05) is 6.58 Å². The molecule has 4 saturated carbocycles. The minimum atomic E-state index is -0.294. The number of fused-ring (bicyclic) bond motifs is 9. The van der Waals surface area contributed by atoms with Crippen LogP contribution in [0.1, 0.15) is 39.5 Å². The zero-order valence-corrected chi connectivity index (χ0v) is 12.3. The Hall–Kier alpha value is -0.830. The molecule has 8 unspecified atom stereocenters. The topological polar surface area (TPSA) is 46.5 Å². The Bertz CT molecular complexity index is 485. The number of rotatable bonds is 2. The third-order valence-corrected chi connectivity index (χ3v) is 6.79. The van der Waals surface area contributed by atoms with E-state index in [1.54, 1.807) is 6.92 Å². The fourth-order valence-corrected chi connectivity index (χ4v) is 6.28. The number of carbonyl (C=O) groups is 1. The predicted octanol–water partition coefficient (Wildman–Crippen LogP) is 2.54. The molecule has 4 aliphatic rings. The van der Waals surface area contributed by atoms with Crippen molar-refractivity contribution in [3.8, 4) is 0 Å². The molecule has 110 valence electrons. The van der Waals surface area contributed by atoms with E-state index in [1.165, 1.54) is 12.8 Å². The van der Waals surface area contributed by atoms with Crippen molar-refractivity contribution in [3.05, 3.63) is 12.2 Å². The first kappa shape index (κ1) is 12.9. The van der Waals surface area contributed by atoms with E-state index in [4.69, 9.17) is 4.74 Å². The maximum absolute atomic E-state index is 11.9. The van der Waals surface area contributed by atoms with Crippen molar-refractivity contribution < 1.29 is 14.6 Å². The van der Waals surface area contributed by atoms with E-state index in [0.717, 1.165) is 12.8 Å². The third kappa shape index (κ3) is 1.47.